The molecule has 0 bridgehead atoms. The molecule has 0 saturated carbocycles. The van der Waals surface area contributed by atoms with Gasteiger partial charge >= 0.3 is 0 Å². The largest absolute Gasteiger partial charge is 0.271 e. The van der Waals surface area contributed by atoms with Crippen LogP contribution in [0.1, 0.15) is 5.69 Å². The highest BCUT2D eigenvalue weighted by Gasteiger charge is 2.17. The first kappa shape index (κ1) is 14.7. The lowest BCUT2D eigenvalue weighted by molar-refractivity contribution is 0.576. The Morgan fingerprint density at radius 1 is 1.32 bits per heavy atom. The first-order valence-corrected chi connectivity index (χ1v) is 8.38. The molecule has 1 aromatic carbocycles. The Labute approximate surface area is 128 Å². The summed E-state index contributed by atoms with van der Waals surface area (Å²) in [6, 6.07) is 6.68. The topological polar surface area (TPSA) is 64.0 Å². The van der Waals surface area contributed by atoms with Crippen molar-refractivity contribution in [1.82, 2.24) is 14.5 Å². The van der Waals surface area contributed by atoms with Gasteiger partial charge in [-0.15, -0.1) is 0 Å². The molecular formula is C11H11Br2N3O2S. The first-order valence-electron chi connectivity index (χ1n) is 5.32. The Balaban J connectivity index is 2.21. The molecule has 8 heteroatoms. The Kier molecular flexibility index (Phi) is 4.44. The van der Waals surface area contributed by atoms with Gasteiger partial charge in [0.25, 0.3) is 0 Å². The number of sulfonamides is 1. The molecular weight excluding hydrogens is 398 g/mol. The van der Waals surface area contributed by atoms with E-state index in [1.54, 1.807) is 42.2 Å². The van der Waals surface area contributed by atoms with Crippen molar-refractivity contribution in [3.8, 4) is 0 Å². The predicted molar refractivity (Wildman–Crippen MR) is 79.1 cm³/mol. The minimum Gasteiger partial charge on any atom is -0.271 e. The van der Waals surface area contributed by atoms with Crippen LogP contribution in [0, 0.1) is 0 Å². The molecule has 1 N–H and O–H groups in total. The number of benzene rings is 1. The van der Waals surface area contributed by atoms with Gasteiger partial charge in [0.2, 0.25) is 10.0 Å². The predicted octanol–water partition coefficient (Wildman–Crippen LogP) is 2.42. The maximum absolute atomic E-state index is 12.2. The van der Waals surface area contributed by atoms with Gasteiger partial charge in [0, 0.05) is 22.2 Å². The van der Waals surface area contributed by atoms with E-state index in [2.05, 4.69) is 41.7 Å². The van der Waals surface area contributed by atoms with Gasteiger partial charge < -0.3 is 0 Å². The van der Waals surface area contributed by atoms with E-state index >= 15 is 0 Å². The molecule has 0 fully saturated rings. The van der Waals surface area contributed by atoms with Gasteiger partial charge in [-0.05, 0) is 40.2 Å². The molecule has 19 heavy (non-hydrogen) atoms. The van der Waals surface area contributed by atoms with Crippen molar-refractivity contribution in [2.45, 2.75) is 11.4 Å². The number of aryl methyl sites for hydroxylation is 1. The molecule has 0 unspecified atom stereocenters. The molecule has 0 spiro atoms. The minimum absolute atomic E-state index is 0.196. The summed E-state index contributed by atoms with van der Waals surface area (Å²) >= 11 is 6.54. The van der Waals surface area contributed by atoms with Crippen molar-refractivity contribution >= 4 is 41.9 Å². The van der Waals surface area contributed by atoms with Gasteiger partial charge in [0.05, 0.1) is 17.1 Å². The quantitative estimate of drug-likeness (QED) is 0.844. The monoisotopic (exact) mass is 407 g/mol. The molecule has 2 rings (SSSR count). The highest BCUT2D eigenvalue weighted by molar-refractivity contribution is 9.11. The normalized spacial score (nSPS) is 11.7. The van der Waals surface area contributed by atoms with Crippen LogP contribution in [-0.2, 0) is 23.6 Å². The van der Waals surface area contributed by atoms with Crippen LogP contribution in [0.15, 0.2) is 44.3 Å². The van der Waals surface area contributed by atoms with Gasteiger partial charge in [0.1, 0.15) is 0 Å². The van der Waals surface area contributed by atoms with Gasteiger partial charge in [-0.2, -0.15) is 5.10 Å². The smallest absolute Gasteiger partial charge is 0.242 e. The van der Waals surface area contributed by atoms with E-state index in [0.29, 0.717) is 4.47 Å². The molecule has 0 aliphatic heterocycles. The average molecular weight is 409 g/mol. The Morgan fingerprint density at radius 3 is 2.63 bits per heavy atom. The number of aromatic nitrogens is 2. The molecule has 5 nitrogen and oxygen atoms in total. The fourth-order valence-electron chi connectivity index (χ4n) is 1.51. The van der Waals surface area contributed by atoms with Crippen LogP contribution in [0.5, 0.6) is 0 Å². The Bertz CT molecular complexity index is 698. The number of nitrogens with one attached hydrogen (secondary N) is 1. The third-order valence-electron chi connectivity index (χ3n) is 2.55. The third-order valence-corrected chi connectivity index (χ3v) is 5.42. The van der Waals surface area contributed by atoms with Crippen LogP contribution in [0.25, 0.3) is 0 Å². The van der Waals surface area contributed by atoms with Crippen molar-refractivity contribution in [3.63, 3.8) is 0 Å². The summed E-state index contributed by atoms with van der Waals surface area (Å²) in [7, 11) is -1.80. The first-order chi connectivity index (χ1) is 8.90. The lowest BCUT2D eigenvalue weighted by Gasteiger charge is -2.09. The van der Waals surface area contributed by atoms with E-state index in [-0.39, 0.29) is 11.4 Å². The van der Waals surface area contributed by atoms with Crippen molar-refractivity contribution in [2.24, 2.45) is 7.05 Å². The van der Waals surface area contributed by atoms with Gasteiger partial charge in [-0.3, -0.25) is 4.68 Å². The van der Waals surface area contributed by atoms with E-state index in [1.807, 2.05) is 0 Å². The number of rotatable bonds is 4. The van der Waals surface area contributed by atoms with E-state index in [9.17, 15) is 8.42 Å². The zero-order valence-electron chi connectivity index (χ0n) is 9.97. The molecule has 0 atom stereocenters. The highest BCUT2D eigenvalue weighted by Crippen LogP contribution is 2.25. The second-order valence-corrected chi connectivity index (χ2v) is 7.35. The van der Waals surface area contributed by atoms with E-state index in [0.717, 1.165) is 10.2 Å². The SMILES string of the molecule is Cn1nccc1CNS(=O)(=O)c1ccc(Br)cc1Br. The zero-order chi connectivity index (χ0) is 14.0. The molecule has 102 valence electrons. The van der Waals surface area contributed by atoms with Crippen molar-refractivity contribution in [3.05, 3.63) is 45.1 Å². The molecule has 0 saturated heterocycles. The number of halogens is 2. The van der Waals surface area contributed by atoms with E-state index in [1.165, 1.54) is 0 Å². The summed E-state index contributed by atoms with van der Waals surface area (Å²) in [5.74, 6) is 0. The van der Waals surface area contributed by atoms with Gasteiger partial charge in [-0.25, -0.2) is 13.1 Å². The fourth-order valence-corrected chi connectivity index (χ4v) is 4.26. The van der Waals surface area contributed by atoms with Crippen molar-refractivity contribution in [2.75, 3.05) is 0 Å². The van der Waals surface area contributed by atoms with E-state index in [4.69, 9.17) is 0 Å². The van der Waals surface area contributed by atoms with Gasteiger partial charge in [0.15, 0.2) is 0 Å². The lowest BCUT2D eigenvalue weighted by Crippen LogP contribution is -2.24. The molecule has 0 radical (unpaired) electrons. The minimum atomic E-state index is -3.56. The summed E-state index contributed by atoms with van der Waals surface area (Å²) < 4.78 is 29.9. The Hall–Kier alpha value is -0.700. The maximum Gasteiger partial charge on any atom is 0.242 e. The molecule has 2 aromatic rings. The second-order valence-electron chi connectivity index (χ2n) is 3.85. The van der Waals surface area contributed by atoms with Crippen molar-refractivity contribution in [1.29, 1.82) is 0 Å². The standard InChI is InChI=1S/C11H11Br2N3O2S/c1-16-9(4-5-14-16)7-15-19(17,18)11-3-2-8(12)6-10(11)13/h2-6,15H,7H2,1H3. The fraction of sp³-hybridized carbons (Fsp3) is 0.182. The maximum atomic E-state index is 12.2. The number of hydrogen-bond donors (Lipinski definition) is 1. The van der Waals surface area contributed by atoms with Crippen LogP contribution in [0.4, 0.5) is 0 Å². The summed E-state index contributed by atoms with van der Waals surface area (Å²) in [5, 5.41) is 3.99. The average Bonchev–Trinajstić information content (AvgIpc) is 2.72. The van der Waals surface area contributed by atoms with Crippen LogP contribution in [0.2, 0.25) is 0 Å². The van der Waals surface area contributed by atoms with E-state index < -0.39 is 10.0 Å². The number of nitrogens with zero attached hydrogens (tertiary/aromatic N) is 2. The van der Waals surface area contributed by atoms with Crippen LogP contribution in [0.3, 0.4) is 0 Å². The molecule has 1 heterocycles. The summed E-state index contributed by atoms with van der Waals surface area (Å²) in [6.07, 6.45) is 1.62. The molecule has 1 aromatic heterocycles. The molecule has 0 aliphatic carbocycles. The summed E-state index contributed by atoms with van der Waals surface area (Å²) in [4.78, 5) is 0.206. The van der Waals surface area contributed by atoms with Gasteiger partial charge in [-0.1, -0.05) is 15.9 Å². The Morgan fingerprint density at radius 2 is 2.05 bits per heavy atom. The number of hydrogen-bond acceptors (Lipinski definition) is 3. The second kappa shape index (κ2) is 5.74. The highest BCUT2D eigenvalue weighted by atomic mass is 79.9. The van der Waals surface area contributed by atoms with Crippen LogP contribution >= 0.6 is 31.9 Å². The van der Waals surface area contributed by atoms with Crippen molar-refractivity contribution < 1.29 is 8.42 Å². The lowest BCUT2D eigenvalue weighted by atomic mass is 10.4. The third kappa shape index (κ3) is 3.44. The summed E-state index contributed by atoms with van der Waals surface area (Å²) in [6.45, 7) is 0.196. The summed E-state index contributed by atoms with van der Waals surface area (Å²) in [5.41, 5.74) is 0.789. The van der Waals surface area contributed by atoms with Crippen LogP contribution < -0.4 is 4.72 Å². The molecule has 0 amide bonds. The zero-order valence-corrected chi connectivity index (χ0v) is 14.0. The van der Waals surface area contributed by atoms with Crippen LogP contribution in [-0.4, -0.2) is 18.2 Å². The molecule has 0 aliphatic rings.